The molecule has 0 atom stereocenters. The third-order valence-electron chi connectivity index (χ3n) is 2.00. The molecular formula is C11H12O5. The van der Waals surface area contributed by atoms with Crippen molar-refractivity contribution in [3.63, 3.8) is 0 Å². The Bertz CT molecular complexity index is 374. The zero-order valence-electron chi connectivity index (χ0n) is 8.77. The van der Waals surface area contributed by atoms with Gasteiger partial charge >= 0.3 is 11.9 Å². The average Bonchev–Trinajstić information content (AvgIpc) is 3.03. The van der Waals surface area contributed by atoms with Crippen LogP contribution in [0.4, 0.5) is 0 Å². The molecule has 0 amide bonds. The molecule has 0 unspecified atom stereocenters. The predicted octanol–water partition coefficient (Wildman–Crippen LogP) is 1.41. The van der Waals surface area contributed by atoms with Crippen molar-refractivity contribution in [2.75, 3.05) is 13.2 Å². The molecule has 0 radical (unpaired) electrons. The van der Waals surface area contributed by atoms with Gasteiger partial charge < -0.3 is 14.9 Å². The lowest BCUT2D eigenvalue weighted by molar-refractivity contribution is 0.0696. The van der Waals surface area contributed by atoms with Crippen LogP contribution < -0.4 is 0 Å². The molecule has 5 nitrogen and oxygen atoms in total. The lowest BCUT2D eigenvalue weighted by atomic mass is 10.0. The minimum atomic E-state index is -1.11. The molecule has 1 aliphatic heterocycles. The Morgan fingerprint density at radius 1 is 1.12 bits per heavy atom. The highest BCUT2D eigenvalue weighted by Crippen LogP contribution is 2.13. The normalized spacial score (nSPS) is 12.3. The quantitative estimate of drug-likeness (QED) is 0.741. The van der Waals surface area contributed by atoms with Gasteiger partial charge in [-0.2, -0.15) is 0 Å². The first-order chi connectivity index (χ1) is 7.54. The van der Waals surface area contributed by atoms with Crippen molar-refractivity contribution in [1.82, 2.24) is 0 Å². The number of benzene rings is 1. The van der Waals surface area contributed by atoms with Gasteiger partial charge in [0.1, 0.15) is 0 Å². The van der Waals surface area contributed by atoms with Crippen molar-refractivity contribution in [2.24, 2.45) is 0 Å². The van der Waals surface area contributed by atoms with E-state index in [0.29, 0.717) is 0 Å². The Hall–Kier alpha value is -1.88. The zero-order chi connectivity index (χ0) is 12.1. The van der Waals surface area contributed by atoms with Crippen LogP contribution in [0.15, 0.2) is 18.2 Å². The molecule has 0 saturated carbocycles. The molecule has 2 N–H and O–H groups in total. The molecule has 0 aliphatic carbocycles. The molecule has 2 rings (SSSR count). The molecule has 0 spiro atoms. The van der Waals surface area contributed by atoms with Crippen LogP contribution in [0.5, 0.6) is 0 Å². The number of aromatic carboxylic acids is 2. The van der Waals surface area contributed by atoms with Gasteiger partial charge in [0.05, 0.1) is 24.3 Å². The summed E-state index contributed by atoms with van der Waals surface area (Å²) in [5, 5.41) is 17.4. The summed E-state index contributed by atoms with van der Waals surface area (Å²) in [6.45, 7) is 3.48. The average molecular weight is 224 g/mol. The fraction of sp³-hybridized carbons (Fsp3) is 0.273. The van der Waals surface area contributed by atoms with Gasteiger partial charge in [-0.3, -0.25) is 0 Å². The standard InChI is InChI=1S/C9H8O4.C2H4O/c1-5-6(8(10)11)3-2-4-7(5)9(12)13;1-2-3-1/h2-4H,1H3,(H,10,11)(H,12,13);1-2H2. The third-order valence-corrected chi connectivity index (χ3v) is 2.00. The fourth-order valence-electron chi connectivity index (χ4n) is 1.10. The zero-order valence-corrected chi connectivity index (χ0v) is 8.77. The van der Waals surface area contributed by atoms with Crippen LogP contribution in [0.25, 0.3) is 0 Å². The van der Waals surface area contributed by atoms with Crippen molar-refractivity contribution >= 4 is 11.9 Å². The van der Waals surface area contributed by atoms with E-state index in [-0.39, 0.29) is 16.7 Å². The maximum atomic E-state index is 10.6. The van der Waals surface area contributed by atoms with Crippen molar-refractivity contribution in [3.8, 4) is 0 Å². The predicted molar refractivity (Wildman–Crippen MR) is 55.9 cm³/mol. The minimum absolute atomic E-state index is 0.0277. The van der Waals surface area contributed by atoms with Crippen molar-refractivity contribution in [3.05, 3.63) is 34.9 Å². The van der Waals surface area contributed by atoms with Gasteiger partial charge in [0.15, 0.2) is 0 Å². The van der Waals surface area contributed by atoms with E-state index in [1.165, 1.54) is 25.1 Å². The second-order valence-electron chi connectivity index (χ2n) is 3.20. The van der Waals surface area contributed by atoms with E-state index in [1.807, 2.05) is 0 Å². The van der Waals surface area contributed by atoms with E-state index in [4.69, 9.17) is 10.2 Å². The van der Waals surface area contributed by atoms with Crippen LogP contribution in [-0.4, -0.2) is 35.4 Å². The molecule has 1 aliphatic rings. The van der Waals surface area contributed by atoms with Gasteiger partial charge in [-0.15, -0.1) is 0 Å². The van der Waals surface area contributed by atoms with Crippen LogP contribution in [0.2, 0.25) is 0 Å². The number of carboxylic acid groups (broad SMARTS) is 2. The highest BCUT2D eigenvalue weighted by Gasteiger charge is 2.13. The second-order valence-corrected chi connectivity index (χ2v) is 3.20. The summed E-state index contributed by atoms with van der Waals surface area (Å²) in [7, 11) is 0. The van der Waals surface area contributed by atoms with Gasteiger partial charge in [0.2, 0.25) is 0 Å². The molecule has 1 heterocycles. The van der Waals surface area contributed by atoms with Crippen LogP contribution >= 0.6 is 0 Å². The highest BCUT2D eigenvalue weighted by molar-refractivity contribution is 5.96. The monoisotopic (exact) mass is 224 g/mol. The fourth-order valence-corrected chi connectivity index (χ4v) is 1.10. The number of hydrogen-bond acceptors (Lipinski definition) is 3. The number of ether oxygens (including phenoxy) is 1. The molecule has 1 saturated heterocycles. The molecule has 86 valence electrons. The Morgan fingerprint density at radius 3 is 1.75 bits per heavy atom. The maximum absolute atomic E-state index is 10.6. The largest absolute Gasteiger partial charge is 0.478 e. The molecule has 16 heavy (non-hydrogen) atoms. The van der Waals surface area contributed by atoms with E-state index in [2.05, 4.69) is 4.74 Å². The lowest BCUT2D eigenvalue weighted by Crippen LogP contribution is -2.06. The molecule has 0 aromatic heterocycles. The molecular weight excluding hydrogens is 212 g/mol. The number of hydrogen-bond donors (Lipinski definition) is 2. The Morgan fingerprint density at radius 2 is 1.50 bits per heavy atom. The Labute approximate surface area is 92.3 Å². The molecule has 5 heteroatoms. The van der Waals surface area contributed by atoms with E-state index >= 15 is 0 Å². The Kier molecular flexibility index (Phi) is 4.02. The molecule has 1 aromatic rings. The topological polar surface area (TPSA) is 87.1 Å². The first kappa shape index (κ1) is 12.2. The summed E-state index contributed by atoms with van der Waals surface area (Å²) < 4.78 is 4.50. The number of epoxide rings is 1. The third kappa shape index (κ3) is 3.36. The molecule has 0 bridgehead atoms. The van der Waals surface area contributed by atoms with Gasteiger partial charge in [0, 0.05) is 0 Å². The summed E-state index contributed by atoms with van der Waals surface area (Å²) in [5.41, 5.74) is 0.335. The maximum Gasteiger partial charge on any atom is 0.335 e. The first-order valence-electron chi connectivity index (χ1n) is 4.68. The first-order valence-corrected chi connectivity index (χ1v) is 4.68. The van der Waals surface area contributed by atoms with Crippen LogP contribution in [0, 0.1) is 6.92 Å². The van der Waals surface area contributed by atoms with E-state index in [0.717, 1.165) is 13.2 Å². The summed E-state index contributed by atoms with van der Waals surface area (Å²) >= 11 is 0. The minimum Gasteiger partial charge on any atom is -0.478 e. The van der Waals surface area contributed by atoms with Crippen molar-refractivity contribution in [1.29, 1.82) is 0 Å². The second kappa shape index (κ2) is 5.27. The summed E-state index contributed by atoms with van der Waals surface area (Å²) in [6.07, 6.45) is 0. The van der Waals surface area contributed by atoms with E-state index in [1.54, 1.807) is 0 Å². The number of carboxylic acids is 2. The van der Waals surface area contributed by atoms with Crippen LogP contribution in [-0.2, 0) is 4.74 Å². The molecule has 1 fully saturated rings. The SMILES string of the molecule is C1CO1.Cc1c(C(=O)O)cccc1C(=O)O. The van der Waals surface area contributed by atoms with Crippen LogP contribution in [0.3, 0.4) is 0 Å². The van der Waals surface area contributed by atoms with E-state index in [9.17, 15) is 9.59 Å². The van der Waals surface area contributed by atoms with Crippen molar-refractivity contribution in [2.45, 2.75) is 6.92 Å². The van der Waals surface area contributed by atoms with Gasteiger partial charge in [-0.1, -0.05) is 6.07 Å². The van der Waals surface area contributed by atoms with Crippen molar-refractivity contribution < 1.29 is 24.5 Å². The number of rotatable bonds is 2. The van der Waals surface area contributed by atoms with Crippen LogP contribution in [0.1, 0.15) is 26.3 Å². The van der Waals surface area contributed by atoms with E-state index < -0.39 is 11.9 Å². The summed E-state index contributed by atoms with van der Waals surface area (Å²) in [6, 6.07) is 4.17. The number of carbonyl (C=O) groups is 2. The Balaban J connectivity index is 0.000000365. The summed E-state index contributed by atoms with van der Waals surface area (Å²) in [5.74, 6) is -2.22. The summed E-state index contributed by atoms with van der Waals surface area (Å²) in [4.78, 5) is 21.2. The highest BCUT2D eigenvalue weighted by atomic mass is 16.6. The lowest BCUT2D eigenvalue weighted by Gasteiger charge is -2.03. The smallest absolute Gasteiger partial charge is 0.335 e. The van der Waals surface area contributed by atoms with Gasteiger partial charge in [-0.25, -0.2) is 9.59 Å². The molecule has 1 aromatic carbocycles. The van der Waals surface area contributed by atoms with Gasteiger partial charge in [0.25, 0.3) is 0 Å². The van der Waals surface area contributed by atoms with Gasteiger partial charge in [-0.05, 0) is 24.6 Å².